The summed E-state index contributed by atoms with van der Waals surface area (Å²) >= 11 is 0. The van der Waals surface area contributed by atoms with Crippen LogP contribution in [0.5, 0.6) is 0 Å². The van der Waals surface area contributed by atoms with Gasteiger partial charge in [0.1, 0.15) is 0 Å². The average molecular weight is 343 g/mol. The Hall–Kier alpha value is -1.88. The highest BCUT2D eigenvalue weighted by atomic mass is 16.2. The SMILES string of the molecule is Cc1ccc(C(=O)N2CCCC(C(=O)NC3CCCC3CN)C2)cc1. The van der Waals surface area contributed by atoms with Crippen molar-refractivity contribution in [2.75, 3.05) is 19.6 Å². The number of carbonyl (C=O) groups excluding carboxylic acids is 2. The fraction of sp³-hybridized carbons (Fsp3) is 0.600. The summed E-state index contributed by atoms with van der Waals surface area (Å²) in [7, 11) is 0. The summed E-state index contributed by atoms with van der Waals surface area (Å²) in [6, 6.07) is 7.85. The van der Waals surface area contributed by atoms with Gasteiger partial charge in [0, 0.05) is 24.7 Å². The molecular formula is C20H29N3O2. The van der Waals surface area contributed by atoms with Crippen molar-refractivity contribution in [1.82, 2.24) is 10.2 Å². The summed E-state index contributed by atoms with van der Waals surface area (Å²) in [5.41, 5.74) is 7.65. The zero-order valence-corrected chi connectivity index (χ0v) is 15.0. The number of nitrogens with one attached hydrogen (secondary N) is 1. The lowest BCUT2D eigenvalue weighted by Gasteiger charge is -2.33. The zero-order chi connectivity index (χ0) is 17.8. The number of benzene rings is 1. The van der Waals surface area contributed by atoms with Crippen molar-refractivity contribution < 1.29 is 9.59 Å². The Morgan fingerprint density at radius 2 is 1.92 bits per heavy atom. The van der Waals surface area contributed by atoms with Gasteiger partial charge in [0.15, 0.2) is 0 Å². The van der Waals surface area contributed by atoms with Gasteiger partial charge in [0.05, 0.1) is 5.92 Å². The quantitative estimate of drug-likeness (QED) is 0.879. The Bertz CT molecular complexity index is 614. The second kappa shape index (κ2) is 8.00. The normalized spacial score (nSPS) is 26.5. The summed E-state index contributed by atoms with van der Waals surface area (Å²) < 4.78 is 0. The average Bonchev–Trinajstić information content (AvgIpc) is 3.09. The first-order valence-corrected chi connectivity index (χ1v) is 9.45. The molecule has 1 aromatic rings. The molecule has 1 aliphatic carbocycles. The van der Waals surface area contributed by atoms with Crippen LogP contribution in [0.3, 0.4) is 0 Å². The van der Waals surface area contributed by atoms with Crippen LogP contribution < -0.4 is 11.1 Å². The molecule has 1 aromatic carbocycles. The molecule has 5 heteroatoms. The minimum absolute atomic E-state index is 0.0261. The third kappa shape index (κ3) is 4.21. The number of carbonyl (C=O) groups is 2. The van der Waals surface area contributed by atoms with Crippen LogP contribution in [0.2, 0.25) is 0 Å². The molecule has 3 N–H and O–H groups in total. The fourth-order valence-electron chi connectivity index (χ4n) is 4.06. The number of hydrogen-bond acceptors (Lipinski definition) is 3. The van der Waals surface area contributed by atoms with Gasteiger partial charge in [-0.05, 0) is 57.2 Å². The second-order valence-electron chi connectivity index (χ2n) is 7.50. The van der Waals surface area contributed by atoms with E-state index in [1.54, 1.807) is 0 Å². The van der Waals surface area contributed by atoms with Crippen molar-refractivity contribution >= 4 is 11.8 Å². The lowest BCUT2D eigenvalue weighted by atomic mass is 9.95. The number of hydrogen-bond donors (Lipinski definition) is 2. The van der Waals surface area contributed by atoms with E-state index in [-0.39, 0.29) is 23.8 Å². The first-order chi connectivity index (χ1) is 12.1. The number of amides is 2. The Morgan fingerprint density at radius 3 is 2.64 bits per heavy atom. The Morgan fingerprint density at radius 1 is 1.16 bits per heavy atom. The number of nitrogens with two attached hydrogens (primary N) is 1. The molecule has 3 unspecified atom stereocenters. The van der Waals surface area contributed by atoms with E-state index in [9.17, 15) is 9.59 Å². The van der Waals surface area contributed by atoms with Gasteiger partial charge in [-0.15, -0.1) is 0 Å². The van der Waals surface area contributed by atoms with Crippen LogP contribution in [-0.4, -0.2) is 42.4 Å². The highest BCUT2D eigenvalue weighted by Crippen LogP contribution is 2.26. The molecule has 3 atom stereocenters. The van der Waals surface area contributed by atoms with Crippen LogP contribution in [0.25, 0.3) is 0 Å². The predicted molar refractivity (Wildman–Crippen MR) is 98.1 cm³/mol. The molecule has 25 heavy (non-hydrogen) atoms. The largest absolute Gasteiger partial charge is 0.353 e. The van der Waals surface area contributed by atoms with E-state index < -0.39 is 0 Å². The smallest absolute Gasteiger partial charge is 0.253 e. The maximum atomic E-state index is 12.7. The van der Waals surface area contributed by atoms with Gasteiger partial charge < -0.3 is 16.0 Å². The van der Waals surface area contributed by atoms with Crippen molar-refractivity contribution in [3.05, 3.63) is 35.4 Å². The fourth-order valence-corrected chi connectivity index (χ4v) is 4.06. The van der Waals surface area contributed by atoms with E-state index in [0.29, 0.717) is 24.6 Å². The second-order valence-corrected chi connectivity index (χ2v) is 7.50. The van der Waals surface area contributed by atoms with Crippen LogP contribution in [0.4, 0.5) is 0 Å². The number of aryl methyl sites for hydroxylation is 1. The molecule has 1 saturated carbocycles. The molecule has 1 heterocycles. The molecule has 0 spiro atoms. The molecule has 0 aromatic heterocycles. The number of nitrogens with zero attached hydrogens (tertiary/aromatic N) is 1. The van der Waals surface area contributed by atoms with E-state index in [1.807, 2.05) is 36.1 Å². The minimum Gasteiger partial charge on any atom is -0.353 e. The molecule has 2 aliphatic rings. The van der Waals surface area contributed by atoms with Gasteiger partial charge in [-0.3, -0.25) is 9.59 Å². The lowest BCUT2D eigenvalue weighted by molar-refractivity contribution is -0.127. The van der Waals surface area contributed by atoms with Crippen molar-refractivity contribution in [3.8, 4) is 0 Å². The van der Waals surface area contributed by atoms with Crippen molar-refractivity contribution in [1.29, 1.82) is 0 Å². The molecule has 2 amide bonds. The van der Waals surface area contributed by atoms with Crippen molar-refractivity contribution in [2.24, 2.45) is 17.6 Å². The van der Waals surface area contributed by atoms with Crippen LogP contribution in [0.15, 0.2) is 24.3 Å². The number of likely N-dealkylation sites (tertiary alicyclic amines) is 1. The molecule has 0 bridgehead atoms. The van der Waals surface area contributed by atoms with Gasteiger partial charge in [-0.25, -0.2) is 0 Å². The van der Waals surface area contributed by atoms with E-state index >= 15 is 0 Å². The first kappa shape index (κ1) is 17.9. The summed E-state index contributed by atoms with van der Waals surface area (Å²) in [5.74, 6) is 0.407. The van der Waals surface area contributed by atoms with Gasteiger partial charge >= 0.3 is 0 Å². The third-order valence-corrected chi connectivity index (χ3v) is 5.67. The van der Waals surface area contributed by atoms with Crippen LogP contribution in [-0.2, 0) is 4.79 Å². The van der Waals surface area contributed by atoms with E-state index in [1.165, 1.54) is 0 Å². The molecule has 1 aliphatic heterocycles. The van der Waals surface area contributed by atoms with Crippen LogP contribution in [0, 0.1) is 18.8 Å². The molecule has 136 valence electrons. The van der Waals surface area contributed by atoms with Gasteiger partial charge in [-0.2, -0.15) is 0 Å². The standard InChI is InChI=1S/C20H29N3O2/c1-14-7-9-15(10-8-14)20(25)23-11-3-5-17(13-23)19(24)22-18-6-2-4-16(18)12-21/h7-10,16-18H,2-6,11-13,21H2,1H3,(H,22,24). The maximum absolute atomic E-state index is 12.7. The molecular weight excluding hydrogens is 314 g/mol. The Kier molecular flexibility index (Phi) is 5.74. The van der Waals surface area contributed by atoms with Gasteiger partial charge in [-0.1, -0.05) is 24.1 Å². The summed E-state index contributed by atoms with van der Waals surface area (Å²) in [5, 5.41) is 3.20. The van der Waals surface area contributed by atoms with Crippen LogP contribution in [0.1, 0.15) is 48.0 Å². The van der Waals surface area contributed by atoms with Gasteiger partial charge in [0.25, 0.3) is 5.91 Å². The van der Waals surface area contributed by atoms with Crippen LogP contribution >= 0.6 is 0 Å². The number of rotatable bonds is 4. The van der Waals surface area contributed by atoms with E-state index in [4.69, 9.17) is 5.73 Å². The highest BCUT2D eigenvalue weighted by molar-refractivity contribution is 5.94. The van der Waals surface area contributed by atoms with E-state index in [0.717, 1.165) is 44.2 Å². The molecule has 2 fully saturated rings. The highest BCUT2D eigenvalue weighted by Gasteiger charge is 2.33. The Balaban J connectivity index is 1.59. The van der Waals surface area contributed by atoms with E-state index in [2.05, 4.69) is 5.32 Å². The molecule has 1 saturated heterocycles. The monoisotopic (exact) mass is 343 g/mol. The van der Waals surface area contributed by atoms with Crippen molar-refractivity contribution in [2.45, 2.75) is 45.1 Å². The van der Waals surface area contributed by atoms with Gasteiger partial charge in [0.2, 0.25) is 5.91 Å². The summed E-state index contributed by atoms with van der Waals surface area (Å²) in [6.07, 6.45) is 4.98. The molecule has 5 nitrogen and oxygen atoms in total. The topological polar surface area (TPSA) is 75.4 Å². The summed E-state index contributed by atoms with van der Waals surface area (Å²) in [4.78, 5) is 27.2. The summed E-state index contributed by atoms with van der Waals surface area (Å²) in [6.45, 7) is 3.88. The predicted octanol–water partition coefficient (Wildman–Crippen LogP) is 2.09. The first-order valence-electron chi connectivity index (χ1n) is 9.45. The lowest BCUT2D eigenvalue weighted by Crippen LogP contribution is -2.48. The Labute approximate surface area is 150 Å². The maximum Gasteiger partial charge on any atom is 0.253 e. The third-order valence-electron chi connectivity index (χ3n) is 5.67. The minimum atomic E-state index is -0.109. The van der Waals surface area contributed by atoms with Crippen molar-refractivity contribution in [3.63, 3.8) is 0 Å². The molecule has 0 radical (unpaired) electrons. The number of piperidine rings is 1. The molecule has 3 rings (SSSR count). The zero-order valence-electron chi connectivity index (χ0n) is 15.0.